The summed E-state index contributed by atoms with van der Waals surface area (Å²) in [7, 11) is 0. The monoisotopic (exact) mass is 270 g/mol. The van der Waals surface area contributed by atoms with E-state index in [4.69, 9.17) is 4.74 Å². The van der Waals surface area contributed by atoms with Crippen LogP contribution in [0.15, 0.2) is 36.4 Å². The molecule has 2 aromatic rings. The van der Waals surface area contributed by atoms with Gasteiger partial charge in [0.1, 0.15) is 17.2 Å². The van der Waals surface area contributed by atoms with E-state index in [1.807, 2.05) is 6.07 Å². The fourth-order valence-electron chi connectivity index (χ4n) is 2.58. The third-order valence-corrected chi connectivity index (χ3v) is 3.61. The molecule has 102 valence electrons. The zero-order valence-corrected chi connectivity index (χ0v) is 11.0. The number of rotatable bonds is 1. The molecule has 0 aliphatic carbocycles. The molecule has 0 spiro atoms. The number of phenolic OH excluding ortho intramolecular Hbond substituents is 2. The molecule has 1 heterocycles. The Kier molecular flexibility index (Phi) is 2.86. The molecule has 2 N–H and O–H groups in total. The number of benzene rings is 2. The van der Waals surface area contributed by atoms with E-state index in [9.17, 15) is 15.0 Å². The minimum absolute atomic E-state index is 0.116. The van der Waals surface area contributed by atoms with Crippen molar-refractivity contribution in [3.63, 3.8) is 0 Å². The summed E-state index contributed by atoms with van der Waals surface area (Å²) in [4.78, 5) is 11.7. The van der Waals surface area contributed by atoms with Crippen LogP contribution in [0.3, 0.4) is 0 Å². The van der Waals surface area contributed by atoms with Crippen LogP contribution >= 0.6 is 0 Å². The van der Waals surface area contributed by atoms with Crippen molar-refractivity contribution < 1.29 is 19.7 Å². The van der Waals surface area contributed by atoms with E-state index in [0.717, 1.165) is 11.1 Å². The number of ether oxygens (including phenoxy) is 1. The molecule has 0 saturated heterocycles. The first-order valence-electron chi connectivity index (χ1n) is 6.38. The largest absolute Gasteiger partial charge is 0.508 e. The summed E-state index contributed by atoms with van der Waals surface area (Å²) < 4.78 is 5.17. The summed E-state index contributed by atoms with van der Waals surface area (Å²) in [6.07, 6.45) is 0.175. The Labute approximate surface area is 116 Å². The van der Waals surface area contributed by atoms with Gasteiger partial charge < -0.3 is 14.9 Å². The first-order chi connectivity index (χ1) is 9.56. The molecule has 1 aliphatic heterocycles. The third kappa shape index (κ3) is 1.99. The SMILES string of the molecule is Cc1cc([C@H]2CC(=O)Oc3cccc(O)c32)ccc1O. The smallest absolute Gasteiger partial charge is 0.312 e. The van der Waals surface area contributed by atoms with E-state index in [0.29, 0.717) is 11.3 Å². The molecule has 0 amide bonds. The number of aromatic hydroxyl groups is 2. The molecule has 3 rings (SSSR count). The van der Waals surface area contributed by atoms with E-state index in [1.165, 1.54) is 0 Å². The van der Waals surface area contributed by atoms with Gasteiger partial charge in [0, 0.05) is 11.5 Å². The minimum Gasteiger partial charge on any atom is -0.508 e. The summed E-state index contributed by atoms with van der Waals surface area (Å²) >= 11 is 0. The maximum atomic E-state index is 11.7. The van der Waals surface area contributed by atoms with Gasteiger partial charge in [-0.3, -0.25) is 4.79 Å². The van der Waals surface area contributed by atoms with Gasteiger partial charge in [-0.15, -0.1) is 0 Å². The minimum atomic E-state index is -0.321. The van der Waals surface area contributed by atoms with Crippen molar-refractivity contribution >= 4 is 5.97 Å². The van der Waals surface area contributed by atoms with Crippen molar-refractivity contribution in [1.82, 2.24) is 0 Å². The average Bonchev–Trinajstić information content (AvgIpc) is 2.41. The molecule has 0 radical (unpaired) electrons. The second-order valence-corrected chi connectivity index (χ2v) is 4.97. The van der Waals surface area contributed by atoms with Gasteiger partial charge in [-0.25, -0.2) is 0 Å². The Morgan fingerprint density at radius 1 is 1.15 bits per heavy atom. The molecule has 20 heavy (non-hydrogen) atoms. The van der Waals surface area contributed by atoms with Gasteiger partial charge in [-0.1, -0.05) is 18.2 Å². The number of hydrogen-bond donors (Lipinski definition) is 2. The summed E-state index contributed by atoms with van der Waals surface area (Å²) in [5.74, 6) is 0.151. The highest BCUT2D eigenvalue weighted by atomic mass is 16.5. The molecule has 0 aromatic heterocycles. The van der Waals surface area contributed by atoms with Gasteiger partial charge in [-0.2, -0.15) is 0 Å². The molecule has 0 fully saturated rings. The lowest BCUT2D eigenvalue weighted by Gasteiger charge is -2.25. The van der Waals surface area contributed by atoms with E-state index in [2.05, 4.69) is 0 Å². The van der Waals surface area contributed by atoms with Gasteiger partial charge in [-0.05, 0) is 36.2 Å². The standard InChI is InChI=1S/C16H14O4/c1-9-7-10(5-6-12(9)17)11-8-15(19)20-14-4-2-3-13(18)16(11)14/h2-7,11,17-18H,8H2,1H3/t11-/m1/s1. The van der Waals surface area contributed by atoms with Gasteiger partial charge in [0.2, 0.25) is 0 Å². The van der Waals surface area contributed by atoms with E-state index in [-0.39, 0.29) is 29.8 Å². The number of carbonyl (C=O) groups excluding carboxylic acids is 1. The third-order valence-electron chi connectivity index (χ3n) is 3.61. The number of esters is 1. The maximum absolute atomic E-state index is 11.7. The number of carbonyl (C=O) groups is 1. The Hall–Kier alpha value is -2.49. The van der Waals surface area contributed by atoms with Gasteiger partial charge in [0.05, 0.1) is 6.42 Å². The summed E-state index contributed by atoms with van der Waals surface area (Å²) in [5, 5.41) is 19.7. The first kappa shape index (κ1) is 12.5. The molecular weight excluding hydrogens is 256 g/mol. The fourth-order valence-corrected chi connectivity index (χ4v) is 2.58. The van der Waals surface area contributed by atoms with Crippen molar-refractivity contribution in [2.75, 3.05) is 0 Å². The molecule has 1 aliphatic rings. The van der Waals surface area contributed by atoms with Crippen LogP contribution < -0.4 is 4.74 Å². The molecular formula is C16H14O4. The lowest BCUT2D eigenvalue weighted by Crippen LogP contribution is -2.21. The summed E-state index contributed by atoms with van der Waals surface area (Å²) in [6.45, 7) is 1.80. The Morgan fingerprint density at radius 2 is 1.95 bits per heavy atom. The second kappa shape index (κ2) is 4.56. The van der Waals surface area contributed by atoms with Gasteiger partial charge in [0.25, 0.3) is 0 Å². The van der Waals surface area contributed by atoms with E-state index >= 15 is 0 Å². The quantitative estimate of drug-likeness (QED) is 0.617. The number of fused-ring (bicyclic) bond motifs is 1. The van der Waals surface area contributed by atoms with Crippen LogP contribution in [0.25, 0.3) is 0 Å². The van der Waals surface area contributed by atoms with E-state index in [1.54, 1.807) is 37.3 Å². The number of hydrogen-bond acceptors (Lipinski definition) is 4. The lowest BCUT2D eigenvalue weighted by atomic mass is 9.85. The first-order valence-corrected chi connectivity index (χ1v) is 6.38. The molecule has 4 nitrogen and oxygen atoms in total. The molecule has 0 saturated carbocycles. The van der Waals surface area contributed by atoms with Crippen molar-refractivity contribution in [1.29, 1.82) is 0 Å². The zero-order chi connectivity index (χ0) is 14.3. The Balaban J connectivity index is 2.15. The van der Waals surface area contributed by atoms with Crippen LogP contribution in [-0.4, -0.2) is 16.2 Å². The average molecular weight is 270 g/mol. The predicted molar refractivity (Wildman–Crippen MR) is 73.0 cm³/mol. The summed E-state index contributed by atoms with van der Waals surface area (Å²) in [6, 6.07) is 10.1. The number of aryl methyl sites for hydroxylation is 1. The summed E-state index contributed by atoms with van der Waals surface area (Å²) in [5.41, 5.74) is 2.23. The van der Waals surface area contributed by atoms with Crippen LogP contribution in [-0.2, 0) is 4.79 Å². The molecule has 4 heteroatoms. The van der Waals surface area contributed by atoms with Crippen LogP contribution in [0.2, 0.25) is 0 Å². The van der Waals surface area contributed by atoms with Crippen molar-refractivity contribution in [3.8, 4) is 17.2 Å². The van der Waals surface area contributed by atoms with E-state index < -0.39 is 0 Å². The van der Waals surface area contributed by atoms with Crippen LogP contribution in [0.4, 0.5) is 0 Å². The molecule has 1 atom stereocenters. The van der Waals surface area contributed by atoms with Crippen molar-refractivity contribution in [3.05, 3.63) is 53.1 Å². The highest BCUT2D eigenvalue weighted by Gasteiger charge is 2.31. The normalized spacial score (nSPS) is 17.4. The number of phenols is 2. The highest BCUT2D eigenvalue weighted by Crippen LogP contribution is 2.43. The highest BCUT2D eigenvalue weighted by molar-refractivity contribution is 5.78. The van der Waals surface area contributed by atoms with Crippen LogP contribution in [0, 0.1) is 6.92 Å². The second-order valence-electron chi connectivity index (χ2n) is 4.97. The maximum Gasteiger partial charge on any atom is 0.312 e. The van der Waals surface area contributed by atoms with Crippen molar-refractivity contribution in [2.45, 2.75) is 19.3 Å². The van der Waals surface area contributed by atoms with Gasteiger partial charge >= 0.3 is 5.97 Å². The van der Waals surface area contributed by atoms with Crippen molar-refractivity contribution in [2.24, 2.45) is 0 Å². The zero-order valence-electron chi connectivity index (χ0n) is 11.0. The van der Waals surface area contributed by atoms with Crippen LogP contribution in [0.5, 0.6) is 17.2 Å². The Bertz CT molecular complexity index is 691. The van der Waals surface area contributed by atoms with Crippen LogP contribution in [0.1, 0.15) is 29.0 Å². The molecule has 2 aromatic carbocycles. The topological polar surface area (TPSA) is 66.8 Å². The fraction of sp³-hybridized carbons (Fsp3) is 0.188. The molecule has 0 bridgehead atoms. The lowest BCUT2D eigenvalue weighted by molar-refractivity contribution is -0.135. The predicted octanol–water partition coefficient (Wildman–Crippen LogP) is 2.85. The molecule has 0 unspecified atom stereocenters. The van der Waals surface area contributed by atoms with Gasteiger partial charge in [0.15, 0.2) is 0 Å². The Morgan fingerprint density at radius 3 is 2.70 bits per heavy atom.